The number of amides is 4. The molecule has 0 aromatic heterocycles. The maximum atomic E-state index is 13.5. The number of primary amides is 1. The molecule has 1 aliphatic rings. The van der Waals surface area contributed by atoms with E-state index in [1.54, 1.807) is 0 Å². The molecule has 1 fully saturated rings. The maximum absolute atomic E-state index is 13.5. The molecule has 9 nitrogen and oxygen atoms in total. The topological polar surface area (TPSA) is 131 Å². The van der Waals surface area contributed by atoms with Crippen molar-refractivity contribution in [1.82, 2.24) is 5.32 Å². The van der Waals surface area contributed by atoms with Gasteiger partial charge in [0.05, 0.1) is 12.3 Å². The largest absolute Gasteiger partial charge is 0.370 e. The highest BCUT2D eigenvalue weighted by Crippen LogP contribution is 2.33. The smallest absolute Gasteiger partial charge is 0.315 e. The highest BCUT2D eigenvalue weighted by molar-refractivity contribution is 6.11. The molecule has 13 heteroatoms. The number of hydrogen-bond donors (Lipinski definition) is 3. The average Bonchev–Trinajstić information content (AvgIpc) is 2.65. The van der Waals surface area contributed by atoms with Gasteiger partial charge in [0.25, 0.3) is 24.1 Å². The molecule has 158 valence electrons. The number of carbonyl (C=O) groups excluding carboxylic acids is 4. The van der Waals surface area contributed by atoms with Gasteiger partial charge in [-0.1, -0.05) is 0 Å². The van der Waals surface area contributed by atoms with Crippen LogP contribution in [0.2, 0.25) is 0 Å². The van der Waals surface area contributed by atoms with Gasteiger partial charge in [0, 0.05) is 17.8 Å². The van der Waals surface area contributed by atoms with Crippen LogP contribution in [0.1, 0.15) is 12.0 Å². The minimum absolute atomic E-state index is 0.0493. The fourth-order valence-corrected chi connectivity index (χ4v) is 2.51. The van der Waals surface area contributed by atoms with Gasteiger partial charge >= 0.3 is 6.43 Å². The molecule has 1 heterocycles. The molecule has 0 unspecified atom stereocenters. The summed E-state index contributed by atoms with van der Waals surface area (Å²) >= 11 is 0. The molecule has 0 saturated carbocycles. The van der Waals surface area contributed by atoms with Gasteiger partial charge in [-0.05, 0) is 18.2 Å². The summed E-state index contributed by atoms with van der Waals surface area (Å²) in [5, 5.41) is 3.50. The number of anilines is 2. The van der Waals surface area contributed by atoms with E-state index in [9.17, 15) is 36.7 Å². The van der Waals surface area contributed by atoms with E-state index < -0.39 is 48.1 Å². The Kier molecular flexibility index (Phi) is 7.09. The number of nitrogens with zero attached hydrogens (tertiary/aromatic N) is 1. The Hall–Kier alpha value is -3.22. The molecule has 1 aromatic rings. The van der Waals surface area contributed by atoms with E-state index in [1.165, 1.54) is 5.32 Å². The average molecular weight is 420 g/mol. The molecule has 1 saturated heterocycles. The first kappa shape index (κ1) is 22.1. The Morgan fingerprint density at radius 1 is 1.14 bits per heavy atom. The van der Waals surface area contributed by atoms with Crippen molar-refractivity contribution in [2.24, 2.45) is 5.73 Å². The van der Waals surface area contributed by atoms with E-state index in [1.807, 2.05) is 5.32 Å². The van der Waals surface area contributed by atoms with Crippen LogP contribution >= 0.6 is 0 Å². The SMILES string of the molecule is NC(=O)[C@H](NC(=O)C(F)F)C(=O)Nc1ccc(N2CCOCC2=O)c(C(F)F)c1. The van der Waals surface area contributed by atoms with E-state index in [4.69, 9.17) is 10.5 Å². The lowest BCUT2D eigenvalue weighted by molar-refractivity contribution is -0.138. The molecule has 2 rings (SSSR count). The molecule has 0 radical (unpaired) electrons. The van der Waals surface area contributed by atoms with E-state index in [0.717, 1.165) is 23.1 Å². The second-order valence-electron chi connectivity index (χ2n) is 5.81. The van der Waals surface area contributed by atoms with E-state index in [-0.39, 0.29) is 31.1 Å². The highest BCUT2D eigenvalue weighted by Gasteiger charge is 2.30. The molecule has 4 N–H and O–H groups in total. The van der Waals surface area contributed by atoms with Crippen molar-refractivity contribution in [3.63, 3.8) is 0 Å². The first-order chi connectivity index (χ1) is 13.6. The van der Waals surface area contributed by atoms with Crippen molar-refractivity contribution in [3.8, 4) is 0 Å². The number of carbonyl (C=O) groups is 4. The van der Waals surface area contributed by atoms with Crippen molar-refractivity contribution in [3.05, 3.63) is 23.8 Å². The Labute approximate surface area is 161 Å². The van der Waals surface area contributed by atoms with Crippen LogP contribution in [0.3, 0.4) is 0 Å². The predicted octanol–water partition coefficient (Wildman–Crippen LogP) is 0.161. The summed E-state index contributed by atoms with van der Waals surface area (Å²) in [6.45, 7) is -0.0734. The molecular formula is C16H16F4N4O5. The standard InChI is InChI=1S/C16H16F4N4O5/c17-12(18)8-5-7(1-2-9(8)24-3-4-29-6-10(24)25)22-15(27)11(14(21)26)23-16(28)13(19)20/h1-2,5,11-13H,3-4,6H2,(H2,21,26)(H,22,27)(H,23,28)/t11-/m0/s1. The molecule has 0 aliphatic carbocycles. The zero-order valence-electron chi connectivity index (χ0n) is 14.7. The predicted molar refractivity (Wildman–Crippen MR) is 90.3 cm³/mol. The van der Waals surface area contributed by atoms with E-state index in [2.05, 4.69) is 0 Å². The monoisotopic (exact) mass is 420 g/mol. The lowest BCUT2D eigenvalue weighted by atomic mass is 10.1. The van der Waals surface area contributed by atoms with Gasteiger partial charge in [0.15, 0.2) is 6.04 Å². The summed E-state index contributed by atoms with van der Waals surface area (Å²) in [5.41, 5.74) is 4.00. The third-order valence-corrected chi connectivity index (χ3v) is 3.84. The molecule has 1 atom stereocenters. The van der Waals surface area contributed by atoms with E-state index >= 15 is 0 Å². The maximum Gasteiger partial charge on any atom is 0.315 e. The summed E-state index contributed by atoms with van der Waals surface area (Å²) in [6, 6.07) is 1.02. The van der Waals surface area contributed by atoms with Crippen molar-refractivity contribution in [2.75, 3.05) is 30.0 Å². The third-order valence-electron chi connectivity index (χ3n) is 3.84. The number of rotatable bonds is 7. The van der Waals surface area contributed by atoms with Gasteiger partial charge < -0.3 is 26.0 Å². The Balaban J connectivity index is 2.24. The summed E-state index contributed by atoms with van der Waals surface area (Å²) < 4.78 is 56.5. The van der Waals surface area contributed by atoms with Crippen LogP contribution in [0.25, 0.3) is 0 Å². The fraction of sp³-hybridized carbons (Fsp3) is 0.375. The van der Waals surface area contributed by atoms with Crippen LogP contribution in [0, 0.1) is 0 Å². The van der Waals surface area contributed by atoms with Crippen LogP contribution in [0.15, 0.2) is 18.2 Å². The van der Waals surface area contributed by atoms with Crippen LogP contribution < -0.4 is 21.3 Å². The van der Waals surface area contributed by atoms with Crippen molar-refractivity contribution >= 4 is 35.0 Å². The number of halogens is 4. The Morgan fingerprint density at radius 2 is 1.83 bits per heavy atom. The molecular weight excluding hydrogens is 404 g/mol. The molecule has 29 heavy (non-hydrogen) atoms. The van der Waals surface area contributed by atoms with Crippen LogP contribution in [-0.2, 0) is 23.9 Å². The number of nitrogens with two attached hydrogens (primary N) is 1. The number of morpholine rings is 1. The summed E-state index contributed by atoms with van der Waals surface area (Å²) in [6.07, 6.45) is -6.52. The van der Waals surface area contributed by atoms with Gasteiger partial charge in [-0.15, -0.1) is 0 Å². The quantitative estimate of drug-likeness (QED) is 0.427. The van der Waals surface area contributed by atoms with Gasteiger partial charge in [-0.3, -0.25) is 19.2 Å². The first-order valence-corrected chi connectivity index (χ1v) is 8.10. The summed E-state index contributed by atoms with van der Waals surface area (Å²) in [5.74, 6) is -5.17. The number of alkyl halides is 4. The Morgan fingerprint density at radius 3 is 2.38 bits per heavy atom. The molecule has 4 amide bonds. The number of hydrogen-bond acceptors (Lipinski definition) is 5. The second kappa shape index (κ2) is 9.32. The van der Waals surface area contributed by atoms with E-state index in [0.29, 0.717) is 0 Å². The van der Waals surface area contributed by atoms with Gasteiger partial charge in [0.1, 0.15) is 6.61 Å². The third kappa shape index (κ3) is 5.40. The van der Waals surface area contributed by atoms with Crippen LogP contribution in [0.4, 0.5) is 28.9 Å². The normalized spacial score (nSPS) is 15.4. The zero-order valence-corrected chi connectivity index (χ0v) is 14.7. The highest BCUT2D eigenvalue weighted by atomic mass is 19.3. The summed E-state index contributed by atoms with van der Waals surface area (Å²) in [7, 11) is 0. The molecule has 0 bridgehead atoms. The zero-order chi connectivity index (χ0) is 21.7. The molecule has 1 aromatic carbocycles. The first-order valence-electron chi connectivity index (χ1n) is 8.10. The summed E-state index contributed by atoms with van der Waals surface area (Å²) in [4.78, 5) is 47.4. The lowest BCUT2D eigenvalue weighted by Crippen LogP contribution is -2.53. The minimum atomic E-state index is -3.50. The van der Waals surface area contributed by atoms with Crippen molar-refractivity contribution in [1.29, 1.82) is 0 Å². The van der Waals surface area contributed by atoms with Gasteiger partial charge in [0.2, 0.25) is 5.91 Å². The fourth-order valence-electron chi connectivity index (χ4n) is 2.51. The van der Waals surface area contributed by atoms with Gasteiger partial charge in [-0.2, -0.15) is 8.78 Å². The number of nitrogens with one attached hydrogen (secondary N) is 2. The van der Waals surface area contributed by atoms with Crippen LogP contribution in [0.5, 0.6) is 0 Å². The van der Waals surface area contributed by atoms with Crippen molar-refractivity contribution in [2.45, 2.75) is 18.9 Å². The number of ether oxygens (including phenoxy) is 1. The number of benzene rings is 1. The minimum Gasteiger partial charge on any atom is -0.370 e. The Bertz CT molecular complexity index is 820. The lowest BCUT2D eigenvalue weighted by Gasteiger charge is -2.29. The van der Waals surface area contributed by atoms with Gasteiger partial charge in [-0.25, -0.2) is 8.78 Å². The molecule has 1 aliphatic heterocycles. The van der Waals surface area contributed by atoms with Crippen molar-refractivity contribution < 1.29 is 41.5 Å². The molecule has 0 spiro atoms. The second-order valence-corrected chi connectivity index (χ2v) is 5.81. The van der Waals surface area contributed by atoms with Crippen LogP contribution in [-0.4, -0.2) is 55.9 Å².